The second-order valence-corrected chi connectivity index (χ2v) is 13.0. The summed E-state index contributed by atoms with van der Waals surface area (Å²) in [5, 5.41) is 4.06. The Morgan fingerprint density at radius 2 is 1.94 bits per heavy atom. The second-order valence-electron chi connectivity index (χ2n) is 13.0. The number of methoxy groups -OCH3 is 1. The van der Waals surface area contributed by atoms with Gasteiger partial charge in [-0.3, -0.25) is 14.6 Å². The molecular formula is C36H40F2N8O4. The van der Waals surface area contributed by atoms with E-state index in [1.54, 1.807) is 42.6 Å². The lowest BCUT2D eigenvalue weighted by atomic mass is 10.0. The first-order valence-corrected chi connectivity index (χ1v) is 16.9. The predicted octanol–water partition coefficient (Wildman–Crippen LogP) is 4.99. The molecule has 6 heterocycles. The maximum Gasteiger partial charge on any atom is 0.345 e. The molecule has 0 aliphatic carbocycles. The zero-order valence-electron chi connectivity index (χ0n) is 28.2. The van der Waals surface area contributed by atoms with Gasteiger partial charge in [0.2, 0.25) is 0 Å². The summed E-state index contributed by atoms with van der Waals surface area (Å²) in [7, 11) is 3.46. The normalized spacial score (nSPS) is 20.3. The van der Waals surface area contributed by atoms with Gasteiger partial charge < -0.3 is 34.6 Å². The van der Waals surface area contributed by atoms with Gasteiger partial charge in [0.25, 0.3) is 11.8 Å². The van der Waals surface area contributed by atoms with Gasteiger partial charge in [0.1, 0.15) is 16.9 Å². The zero-order valence-corrected chi connectivity index (χ0v) is 28.2. The highest BCUT2D eigenvalue weighted by Crippen LogP contribution is 2.35. The molecule has 0 radical (unpaired) electrons. The molecule has 2 aliphatic rings. The van der Waals surface area contributed by atoms with Gasteiger partial charge in [0.05, 0.1) is 36.2 Å². The summed E-state index contributed by atoms with van der Waals surface area (Å²) in [6.07, 6.45) is 6.28. The smallest absolute Gasteiger partial charge is 0.345 e. The molecule has 50 heavy (non-hydrogen) atoms. The molecule has 2 amide bonds. The fraction of sp³-hybridized carbons (Fsp3) is 0.417. The number of aromatic nitrogens is 5. The number of hydrogen-bond donors (Lipinski definition) is 2. The van der Waals surface area contributed by atoms with E-state index in [4.69, 9.17) is 20.4 Å². The van der Waals surface area contributed by atoms with E-state index >= 15 is 0 Å². The molecule has 3 N–H and O–H groups in total. The summed E-state index contributed by atoms with van der Waals surface area (Å²) < 4.78 is 40.2. The average Bonchev–Trinajstić information content (AvgIpc) is 3.64. The molecule has 5 aromatic rings. The van der Waals surface area contributed by atoms with Crippen LogP contribution in [-0.4, -0.2) is 79.8 Å². The maximum atomic E-state index is 13.7. The van der Waals surface area contributed by atoms with E-state index in [0.717, 1.165) is 59.2 Å². The first-order chi connectivity index (χ1) is 24.1. The number of fused-ring (bicyclic) bond motifs is 3. The van der Waals surface area contributed by atoms with Crippen molar-refractivity contribution in [2.45, 2.75) is 70.4 Å². The molecule has 2 bridgehead atoms. The second kappa shape index (κ2) is 13.8. The molecule has 7 rings (SSSR count). The van der Waals surface area contributed by atoms with Gasteiger partial charge in [-0.1, -0.05) is 6.42 Å². The first-order valence-electron chi connectivity index (χ1n) is 16.9. The highest BCUT2D eigenvalue weighted by atomic mass is 19.3. The van der Waals surface area contributed by atoms with Crippen LogP contribution in [-0.2, 0) is 24.8 Å². The van der Waals surface area contributed by atoms with Crippen molar-refractivity contribution >= 4 is 33.9 Å². The quantitative estimate of drug-likeness (QED) is 0.263. The van der Waals surface area contributed by atoms with Crippen molar-refractivity contribution in [2.24, 2.45) is 12.8 Å². The minimum absolute atomic E-state index is 0.0881. The number of imidazole rings is 1. The fourth-order valence-electron chi connectivity index (χ4n) is 7.20. The number of aryl methyl sites for hydroxylation is 3. The summed E-state index contributed by atoms with van der Waals surface area (Å²) in [6, 6.07) is 10.1. The predicted molar refractivity (Wildman–Crippen MR) is 183 cm³/mol. The molecule has 1 aromatic carbocycles. The van der Waals surface area contributed by atoms with E-state index in [1.165, 1.54) is 0 Å². The van der Waals surface area contributed by atoms with Crippen LogP contribution < -0.4 is 15.8 Å². The summed E-state index contributed by atoms with van der Waals surface area (Å²) in [5.41, 5.74) is 11.7. The Morgan fingerprint density at radius 3 is 2.72 bits per heavy atom. The number of benzene rings is 1. The van der Waals surface area contributed by atoms with Crippen LogP contribution in [0.2, 0.25) is 0 Å². The van der Waals surface area contributed by atoms with Crippen LogP contribution in [0, 0.1) is 0 Å². The van der Waals surface area contributed by atoms with Crippen LogP contribution in [0.15, 0.2) is 48.8 Å². The molecule has 1 fully saturated rings. The van der Waals surface area contributed by atoms with Crippen molar-refractivity contribution in [2.75, 3.05) is 20.2 Å². The van der Waals surface area contributed by atoms with Crippen LogP contribution in [0.5, 0.6) is 5.75 Å². The maximum absolute atomic E-state index is 13.7. The number of piperidine rings is 1. The Bertz CT molecular complexity index is 2080. The van der Waals surface area contributed by atoms with E-state index in [0.29, 0.717) is 34.8 Å². The molecule has 14 heteroatoms. The molecular weight excluding hydrogens is 646 g/mol. The largest absolute Gasteiger partial charge is 0.494 e. The lowest BCUT2D eigenvalue weighted by Crippen LogP contribution is -2.54. The number of rotatable bonds is 5. The van der Waals surface area contributed by atoms with Crippen molar-refractivity contribution in [1.29, 1.82) is 0 Å². The van der Waals surface area contributed by atoms with Gasteiger partial charge in [-0.2, -0.15) is 8.78 Å². The van der Waals surface area contributed by atoms with E-state index in [-0.39, 0.29) is 37.4 Å². The van der Waals surface area contributed by atoms with Crippen molar-refractivity contribution in [3.05, 3.63) is 71.2 Å². The monoisotopic (exact) mass is 686 g/mol. The van der Waals surface area contributed by atoms with Gasteiger partial charge >= 0.3 is 6.61 Å². The number of alkyl halides is 2. The topological polar surface area (TPSA) is 142 Å². The molecule has 0 saturated carbocycles. The van der Waals surface area contributed by atoms with E-state index in [1.807, 2.05) is 30.7 Å². The lowest BCUT2D eigenvalue weighted by Gasteiger charge is -2.36. The van der Waals surface area contributed by atoms with Crippen molar-refractivity contribution in [3.63, 3.8) is 0 Å². The summed E-state index contributed by atoms with van der Waals surface area (Å²) in [6.45, 7) is 0.0305. The van der Waals surface area contributed by atoms with E-state index < -0.39 is 18.8 Å². The third-order valence-corrected chi connectivity index (χ3v) is 9.82. The molecule has 3 atom stereocenters. The molecule has 262 valence electrons. The number of ether oxygens (including phenoxy) is 2. The SMILES string of the molecule is COc1cc(C(=O)N2CC[C@@H](OC(F)F)[C@@H](N)C2)cc2nc(-c3cc4ccc5nc4n3CCCCCc3cnccc3C(=O)N[C@@H]5C)n(C)c12. The number of halogens is 2. The van der Waals surface area contributed by atoms with Gasteiger partial charge in [-0.05, 0) is 74.6 Å². The minimum Gasteiger partial charge on any atom is -0.494 e. The van der Waals surface area contributed by atoms with Gasteiger partial charge in [0.15, 0.2) is 5.82 Å². The number of likely N-dealkylation sites (tertiary alicyclic amines) is 1. The van der Waals surface area contributed by atoms with Gasteiger partial charge in [0, 0.05) is 61.6 Å². The number of nitrogens with zero attached hydrogens (tertiary/aromatic N) is 6. The number of nitrogens with one attached hydrogen (secondary N) is 1. The van der Waals surface area contributed by atoms with E-state index in [9.17, 15) is 18.4 Å². The number of pyridine rings is 2. The Balaban J connectivity index is 1.24. The standard InChI is InChI=1S/C36H40F2N8O4/c1-20-26-9-8-21-16-28(46(32(21)42-26)13-6-4-5-7-22-18-40-12-10-24(22)34(47)41-20)33-43-27-15-23(17-30(49-3)31(27)44(33)2)35(48)45-14-11-29(25(39)19-45)50-36(37)38/h8-10,12,15-18,20,25,29,36H,4-7,11,13-14,19,39H2,1-3H3,(H,41,47)/t20-,25+,29-/m1/s1. The molecule has 12 nitrogen and oxygen atoms in total. The van der Waals surface area contributed by atoms with Crippen LogP contribution in [0.25, 0.3) is 33.6 Å². The Labute approximate surface area is 287 Å². The molecule has 0 unspecified atom stereocenters. The molecule has 2 aliphatic heterocycles. The van der Waals surface area contributed by atoms with Gasteiger partial charge in [-0.15, -0.1) is 0 Å². The zero-order chi connectivity index (χ0) is 35.1. The van der Waals surface area contributed by atoms with Crippen molar-refractivity contribution in [3.8, 4) is 17.3 Å². The molecule has 0 spiro atoms. The average molecular weight is 687 g/mol. The number of hydrogen-bond acceptors (Lipinski definition) is 8. The highest BCUT2D eigenvalue weighted by molar-refractivity contribution is 6.00. The third-order valence-electron chi connectivity index (χ3n) is 9.82. The van der Waals surface area contributed by atoms with Crippen LogP contribution >= 0.6 is 0 Å². The van der Waals surface area contributed by atoms with E-state index in [2.05, 4.69) is 25.7 Å². The van der Waals surface area contributed by atoms with Crippen molar-refractivity contribution < 1.29 is 27.8 Å². The summed E-state index contributed by atoms with van der Waals surface area (Å²) in [4.78, 5) is 42.9. The Hall–Kier alpha value is -4.95. The Kier molecular flexibility index (Phi) is 9.23. The number of carbonyl (C=O) groups is 2. The lowest BCUT2D eigenvalue weighted by molar-refractivity contribution is -0.175. The minimum atomic E-state index is -2.92. The van der Waals surface area contributed by atoms with Crippen molar-refractivity contribution in [1.82, 2.24) is 34.3 Å². The summed E-state index contributed by atoms with van der Waals surface area (Å²) in [5.74, 6) is 0.715. The first kappa shape index (κ1) is 33.5. The fourth-order valence-corrected chi connectivity index (χ4v) is 7.20. The van der Waals surface area contributed by atoms with Crippen LogP contribution in [0.1, 0.15) is 70.6 Å². The number of amides is 2. The highest BCUT2D eigenvalue weighted by Gasteiger charge is 2.33. The summed E-state index contributed by atoms with van der Waals surface area (Å²) >= 11 is 0. The number of nitrogens with two attached hydrogens (primary N) is 1. The molecule has 4 aromatic heterocycles. The van der Waals surface area contributed by atoms with Crippen LogP contribution in [0.4, 0.5) is 8.78 Å². The molecule has 1 saturated heterocycles. The third kappa shape index (κ3) is 6.29. The Morgan fingerprint density at radius 1 is 1.10 bits per heavy atom. The van der Waals surface area contributed by atoms with Gasteiger partial charge in [-0.25, -0.2) is 9.97 Å². The van der Waals surface area contributed by atoms with Crippen LogP contribution in [0.3, 0.4) is 0 Å². The number of carbonyl (C=O) groups excluding carboxylic acids is 2.